The van der Waals surface area contributed by atoms with E-state index in [0.29, 0.717) is 52.9 Å². The number of ether oxygens (including phenoxy) is 4. The fourth-order valence-electron chi connectivity index (χ4n) is 3.40. The van der Waals surface area contributed by atoms with Crippen LogP contribution in [0, 0.1) is 0 Å². The van der Waals surface area contributed by atoms with Gasteiger partial charge in [0, 0.05) is 18.7 Å². The van der Waals surface area contributed by atoms with Crippen molar-refractivity contribution in [3.05, 3.63) is 12.2 Å². The zero-order valence-corrected chi connectivity index (χ0v) is 30.5. The van der Waals surface area contributed by atoms with Crippen LogP contribution in [-0.4, -0.2) is 117 Å². The molecule has 1 N–H and O–H groups in total. The van der Waals surface area contributed by atoms with E-state index in [1.54, 1.807) is 0 Å². The Balaban J connectivity index is 2.40. The van der Waals surface area contributed by atoms with E-state index in [9.17, 15) is 14.4 Å². The molecule has 0 bridgehead atoms. The maximum absolute atomic E-state index is 12.3. The fourth-order valence-corrected chi connectivity index (χ4v) is 5.45. The molecule has 0 spiro atoms. The summed E-state index contributed by atoms with van der Waals surface area (Å²) in [6.45, 7) is 27.5. The number of nitrogens with zero attached hydrogens (tertiary/aromatic N) is 1. The highest BCUT2D eigenvalue weighted by Crippen LogP contribution is 2.37. The number of amides is 3. The lowest BCUT2D eigenvalue weighted by Gasteiger charge is -2.36. The van der Waals surface area contributed by atoms with Gasteiger partial charge in [-0.2, -0.15) is 0 Å². The summed E-state index contributed by atoms with van der Waals surface area (Å²) < 4.78 is 35.7. The molecule has 0 radical (unpaired) electrons. The molecule has 0 fully saturated rings. The predicted molar refractivity (Wildman–Crippen MR) is 172 cm³/mol. The molecule has 0 aromatic rings. The molecule has 1 aliphatic rings. The van der Waals surface area contributed by atoms with E-state index in [2.05, 4.69) is 73.0 Å². The number of hydrogen-bond acceptors (Lipinski definition) is 9. The van der Waals surface area contributed by atoms with Crippen molar-refractivity contribution in [2.75, 3.05) is 66.0 Å². The van der Waals surface area contributed by atoms with Crippen molar-refractivity contribution in [2.24, 2.45) is 0 Å². The van der Waals surface area contributed by atoms with Crippen LogP contribution in [0.25, 0.3) is 0 Å². The minimum atomic E-state index is -1.83. The summed E-state index contributed by atoms with van der Waals surface area (Å²) in [5, 5.41) is 2.97. The molecular weight excluding hydrogens is 589 g/mol. The molecule has 1 unspecified atom stereocenters. The van der Waals surface area contributed by atoms with Gasteiger partial charge in [-0.15, -0.1) is 0 Å². The maximum atomic E-state index is 12.3. The van der Waals surface area contributed by atoms with Crippen molar-refractivity contribution >= 4 is 34.4 Å². The smallest absolute Gasteiger partial charge is 0.254 e. The van der Waals surface area contributed by atoms with Crippen LogP contribution >= 0.6 is 0 Å². The summed E-state index contributed by atoms with van der Waals surface area (Å²) in [5.41, 5.74) is 0. The maximum Gasteiger partial charge on any atom is 0.254 e. The fraction of sp³-hybridized carbons (Fsp3) is 0.833. The molecule has 0 saturated carbocycles. The van der Waals surface area contributed by atoms with Crippen molar-refractivity contribution in [2.45, 2.75) is 96.9 Å². The SMILES string of the molecule is CC(C(=O)NCCOCCOC(COCCO[Si](C)(C)C(C)(C)C)COCCO[Si](C)(C)C(C)(C)C)N1C(=O)C=CC1=O. The van der Waals surface area contributed by atoms with Gasteiger partial charge in [0.25, 0.3) is 11.8 Å². The number of carbonyl (C=O) groups is 3. The first-order valence-electron chi connectivity index (χ1n) is 15.3. The minimum Gasteiger partial charge on any atom is -0.414 e. The van der Waals surface area contributed by atoms with E-state index in [-0.39, 0.29) is 29.3 Å². The monoisotopic (exact) mass is 646 g/mol. The molecule has 1 aliphatic heterocycles. The molecule has 1 rings (SSSR count). The molecule has 0 aromatic carbocycles. The molecule has 1 atom stereocenters. The lowest BCUT2D eigenvalue weighted by atomic mass is 10.2. The Bertz CT molecular complexity index is 860. The van der Waals surface area contributed by atoms with E-state index in [4.69, 9.17) is 27.8 Å². The average molecular weight is 647 g/mol. The standard InChI is InChI=1S/C30H58N2O9Si2/c1-24(32-26(33)12-13-27(32)34)28(35)31-14-15-36-16-19-39-25(22-37-17-20-40-42(8,9)29(2,3)4)23-38-18-21-41-43(10,11)30(5,6)7/h12-13,24-25H,14-23H2,1-11H3,(H,31,35). The van der Waals surface area contributed by atoms with Gasteiger partial charge < -0.3 is 33.1 Å². The Morgan fingerprint density at radius 3 is 1.63 bits per heavy atom. The van der Waals surface area contributed by atoms with Crippen LogP contribution < -0.4 is 5.32 Å². The van der Waals surface area contributed by atoms with Crippen LogP contribution in [0.4, 0.5) is 0 Å². The van der Waals surface area contributed by atoms with Gasteiger partial charge >= 0.3 is 0 Å². The van der Waals surface area contributed by atoms with E-state index in [0.717, 1.165) is 17.1 Å². The van der Waals surface area contributed by atoms with Crippen molar-refractivity contribution < 1.29 is 42.2 Å². The van der Waals surface area contributed by atoms with E-state index >= 15 is 0 Å². The quantitative estimate of drug-likeness (QED) is 0.112. The summed E-state index contributed by atoms with van der Waals surface area (Å²) >= 11 is 0. The molecule has 1 heterocycles. The van der Waals surface area contributed by atoms with Crippen LogP contribution in [0.5, 0.6) is 0 Å². The first kappa shape index (κ1) is 39.6. The van der Waals surface area contributed by atoms with E-state index in [1.807, 2.05) is 0 Å². The van der Waals surface area contributed by atoms with E-state index in [1.165, 1.54) is 6.92 Å². The topological polar surface area (TPSA) is 122 Å². The largest absolute Gasteiger partial charge is 0.414 e. The number of carbonyl (C=O) groups excluding carboxylic acids is 3. The summed E-state index contributed by atoms with van der Waals surface area (Å²) in [6, 6.07) is -0.890. The second-order valence-corrected chi connectivity index (χ2v) is 23.4. The Hall–Kier alpha value is -1.46. The van der Waals surface area contributed by atoms with Gasteiger partial charge in [0.05, 0.1) is 59.5 Å². The number of hydrogen-bond donors (Lipinski definition) is 1. The highest BCUT2D eigenvalue weighted by Gasteiger charge is 2.38. The van der Waals surface area contributed by atoms with Crippen molar-refractivity contribution in [3.8, 4) is 0 Å². The Morgan fingerprint density at radius 2 is 1.19 bits per heavy atom. The van der Waals surface area contributed by atoms with Gasteiger partial charge in [0.15, 0.2) is 16.6 Å². The molecular formula is C30H58N2O9Si2. The summed E-state index contributed by atoms with van der Waals surface area (Å²) in [4.78, 5) is 36.7. The first-order chi connectivity index (χ1) is 19.8. The summed E-state index contributed by atoms with van der Waals surface area (Å²) in [7, 11) is -3.66. The number of imide groups is 1. The van der Waals surface area contributed by atoms with Gasteiger partial charge in [-0.1, -0.05) is 41.5 Å². The average Bonchev–Trinajstić information content (AvgIpc) is 3.22. The van der Waals surface area contributed by atoms with Crippen LogP contribution in [0.3, 0.4) is 0 Å². The van der Waals surface area contributed by atoms with Gasteiger partial charge in [-0.05, 0) is 43.2 Å². The molecule has 250 valence electrons. The minimum absolute atomic E-state index is 0.142. The van der Waals surface area contributed by atoms with Gasteiger partial charge in [0.2, 0.25) is 5.91 Å². The van der Waals surface area contributed by atoms with Gasteiger partial charge in [0.1, 0.15) is 12.1 Å². The third-order valence-corrected chi connectivity index (χ3v) is 17.4. The first-order valence-corrected chi connectivity index (χ1v) is 21.1. The Morgan fingerprint density at radius 1 is 0.744 bits per heavy atom. The summed E-state index contributed by atoms with van der Waals surface area (Å²) in [6.07, 6.45) is 2.03. The molecule has 11 nitrogen and oxygen atoms in total. The van der Waals surface area contributed by atoms with Crippen LogP contribution in [0.2, 0.25) is 36.3 Å². The molecule has 0 saturated heterocycles. The molecule has 3 amide bonds. The second-order valence-electron chi connectivity index (χ2n) is 13.8. The lowest BCUT2D eigenvalue weighted by Crippen LogP contribution is -2.48. The van der Waals surface area contributed by atoms with Gasteiger partial charge in [-0.3, -0.25) is 19.3 Å². The summed E-state index contributed by atoms with van der Waals surface area (Å²) in [5.74, 6) is -1.40. The van der Waals surface area contributed by atoms with Crippen LogP contribution in [0.1, 0.15) is 48.5 Å². The molecule has 0 aromatic heterocycles. The third kappa shape index (κ3) is 14.0. The van der Waals surface area contributed by atoms with Crippen molar-refractivity contribution in [1.82, 2.24) is 10.2 Å². The highest BCUT2D eigenvalue weighted by atomic mass is 28.4. The second kappa shape index (κ2) is 17.9. The molecule has 13 heteroatoms. The normalized spacial score (nSPS) is 15.6. The zero-order chi connectivity index (χ0) is 32.9. The zero-order valence-electron chi connectivity index (χ0n) is 28.5. The van der Waals surface area contributed by atoms with Crippen LogP contribution in [0.15, 0.2) is 12.2 Å². The Kier molecular flexibility index (Phi) is 16.5. The van der Waals surface area contributed by atoms with Gasteiger partial charge in [-0.25, -0.2) is 0 Å². The number of rotatable bonds is 21. The lowest BCUT2D eigenvalue weighted by molar-refractivity contribution is -0.144. The number of nitrogens with one attached hydrogen (secondary N) is 1. The molecule has 0 aliphatic carbocycles. The predicted octanol–water partition coefficient (Wildman–Crippen LogP) is 3.89. The Labute approximate surface area is 261 Å². The molecule has 43 heavy (non-hydrogen) atoms. The van der Waals surface area contributed by atoms with Crippen molar-refractivity contribution in [1.29, 1.82) is 0 Å². The van der Waals surface area contributed by atoms with Crippen LogP contribution in [-0.2, 0) is 42.2 Å². The van der Waals surface area contributed by atoms with E-state index < -0.39 is 40.4 Å². The highest BCUT2D eigenvalue weighted by molar-refractivity contribution is 6.74. The third-order valence-electron chi connectivity index (χ3n) is 8.34. The van der Waals surface area contributed by atoms with Crippen molar-refractivity contribution in [3.63, 3.8) is 0 Å².